The molecule has 0 bridgehead atoms. The van der Waals surface area contributed by atoms with Crippen molar-refractivity contribution in [3.63, 3.8) is 0 Å². The second kappa shape index (κ2) is 5.25. The fourth-order valence-corrected chi connectivity index (χ4v) is 3.93. The number of hydrogen-bond acceptors (Lipinski definition) is 5. The molecule has 6 nitrogen and oxygen atoms in total. The first-order chi connectivity index (χ1) is 9.33. The summed E-state index contributed by atoms with van der Waals surface area (Å²) in [5.41, 5.74) is 0.282. The number of aryl methyl sites for hydroxylation is 1. The van der Waals surface area contributed by atoms with E-state index in [9.17, 15) is 17.6 Å². The SMILES string of the molecule is COc1ccc(NS(=O)(=O)c2sc(=O)[nH]c2C)cc1F. The number of H-pyrrole nitrogens is 1. The molecule has 20 heavy (non-hydrogen) atoms. The molecule has 108 valence electrons. The van der Waals surface area contributed by atoms with Crippen LogP contribution in [0, 0.1) is 12.7 Å². The Morgan fingerprint density at radius 1 is 1.40 bits per heavy atom. The van der Waals surface area contributed by atoms with Gasteiger partial charge in [0.2, 0.25) is 0 Å². The molecular weight excluding hydrogens is 307 g/mol. The van der Waals surface area contributed by atoms with Gasteiger partial charge < -0.3 is 9.72 Å². The summed E-state index contributed by atoms with van der Waals surface area (Å²) in [6.07, 6.45) is 0. The number of rotatable bonds is 4. The fraction of sp³-hybridized carbons (Fsp3) is 0.182. The van der Waals surface area contributed by atoms with E-state index in [1.807, 2.05) is 0 Å². The summed E-state index contributed by atoms with van der Waals surface area (Å²) in [6, 6.07) is 3.67. The van der Waals surface area contributed by atoms with Crippen molar-refractivity contribution in [2.75, 3.05) is 11.8 Å². The van der Waals surface area contributed by atoms with Gasteiger partial charge in [-0.2, -0.15) is 0 Å². The van der Waals surface area contributed by atoms with Crippen LogP contribution in [0.4, 0.5) is 10.1 Å². The highest BCUT2D eigenvalue weighted by molar-refractivity contribution is 7.94. The lowest BCUT2D eigenvalue weighted by Crippen LogP contribution is -2.12. The maximum Gasteiger partial charge on any atom is 0.306 e. The first-order valence-corrected chi connectivity index (χ1v) is 7.69. The maximum atomic E-state index is 13.5. The van der Waals surface area contributed by atoms with Crippen LogP contribution in [-0.2, 0) is 10.0 Å². The minimum atomic E-state index is -3.93. The van der Waals surface area contributed by atoms with E-state index in [-0.39, 0.29) is 21.3 Å². The van der Waals surface area contributed by atoms with Crippen molar-refractivity contribution in [2.45, 2.75) is 11.1 Å². The van der Waals surface area contributed by atoms with Gasteiger partial charge in [0.1, 0.15) is 0 Å². The van der Waals surface area contributed by atoms with Gasteiger partial charge in [0.05, 0.1) is 12.8 Å². The van der Waals surface area contributed by atoms with Crippen molar-refractivity contribution in [1.29, 1.82) is 0 Å². The van der Waals surface area contributed by atoms with Crippen LogP contribution >= 0.6 is 11.3 Å². The van der Waals surface area contributed by atoms with Crippen molar-refractivity contribution < 1.29 is 17.5 Å². The number of thiazole rings is 1. The van der Waals surface area contributed by atoms with Crippen LogP contribution in [0.5, 0.6) is 5.75 Å². The van der Waals surface area contributed by atoms with E-state index in [0.29, 0.717) is 11.3 Å². The number of nitrogens with one attached hydrogen (secondary N) is 2. The Kier molecular flexibility index (Phi) is 3.82. The van der Waals surface area contributed by atoms with Gasteiger partial charge in [0.25, 0.3) is 10.0 Å². The minimum Gasteiger partial charge on any atom is -0.494 e. The summed E-state index contributed by atoms with van der Waals surface area (Å²) in [5.74, 6) is -0.679. The van der Waals surface area contributed by atoms with Crippen LogP contribution in [0.1, 0.15) is 5.69 Å². The Hall–Kier alpha value is -1.87. The Balaban J connectivity index is 2.36. The highest BCUT2D eigenvalue weighted by Gasteiger charge is 2.21. The van der Waals surface area contributed by atoms with Crippen molar-refractivity contribution in [3.8, 4) is 5.75 Å². The summed E-state index contributed by atoms with van der Waals surface area (Å²) in [4.78, 5) is 13.1. The van der Waals surface area contributed by atoms with Crippen LogP contribution in [0.15, 0.2) is 27.2 Å². The highest BCUT2D eigenvalue weighted by atomic mass is 32.2. The molecule has 2 N–H and O–H groups in total. The number of anilines is 1. The standard InChI is InChI=1S/C11H11FN2O4S2/c1-6-10(19-11(15)13-6)20(16,17)14-7-3-4-9(18-2)8(12)5-7/h3-5,14H,1-2H3,(H,13,15). The monoisotopic (exact) mass is 318 g/mol. The molecule has 0 fully saturated rings. The molecule has 1 heterocycles. The number of hydrogen-bond donors (Lipinski definition) is 2. The lowest BCUT2D eigenvalue weighted by Gasteiger charge is -2.08. The van der Waals surface area contributed by atoms with Gasteiger partial charge in [0, 0.05) is 11.8 Å². The van der Waals surface area contributed by atoms with Crippen molar-refractivity contribution >= 4 is 27.0 Å². The molecule has 0 radical (unpaired) electrons. The summed E-state index contributed by atoms with van der Waals surface area (Å²) in [7, 11) is -2.62. The summed E-state index contributed by atoms with van der Waals surface area (Å²) in [5, 5.41) is 0. The summed E-state index contributed by atoms with van der Waals surface area (Å²) >= 11 is 0.572. The molecule has 0 aliphatic carbocycles. The topological polar surface area (TPSA) is 88.3 Å². The van der Waals surface area contributed by atoms with Crippen molar-refractivity contribution in [1.82, 2.24) is 4.98 Å². The smallest absolute Gasteiger partial charge is 0.306 e. The molecule has 0 saturated heterocycles. The third-order valence-corrected chi connectivity index (χ3v) is 5.42. The van der Waals surface area contributed by atoms with Crippen LogP contribution in [0.2, 0.25) is 0 Å². The Labute approximate surface area is 118 Å². The van der Waals surface area contributed by atoms with Gasteiger partial charge in [-0.1, -0.05) is 11.3 Å². The van der Waals surface area contributed by atoms with E-state index in [2.05, 4.69) is 9.71 Å². The molecule has 0 spiro atoms. The van der Waals surface area contributed by atoms with Crippen molar-refractivity contribution in [3.05, 3.63) is 39.4 Å². The predicted molar refractivity (Wildman–Crippen MR) is 73.4 cm³/mol. The Bertz CT molecular complexity index is 795. The fourth-order valence-electron chi connectivity index (χ4n) is 1.58. The third-order valence-electron chi connectivity index (χ3n) is 2.43. The average Bonchev–Trinajstić information content (AvgIpc) is 2.69. The van der Waals surface area contributed by atoms with Gasteiger partial charge in [0.15, 0.2) is 15.8 Å². The first kappa shape index (κ1) is 14.5. The quantitative estimate of drug-likeness (QED) is 0.898. The Morgan fingerprint density at radius 3 is 2.60 bits per heavy atom. The van der Waals surface area contributed by atoms with E-state index in [1.54, 1.807) is 0 Å². The molecule has 0 unspecified atom stereocenters. The number of ether oxygens (including phenoxy) is 1. The van der Waals surface area contributed by atoms with Gasteiger partial charge in [-0.15, -0.1) is 0 Å². The van der Waals surface area contributed by atoms with E-state index < -0.39 is 20.7 Å². The minimum absolute atomic E-state index is 0.00966. The number of halogens is 1. The molecule has 9 heteroatoms. The van der Waals surface area contributed by atoms with Gasteiger partial charge >= 0.3 is 4.87 Å². The van der Waals surface area contributed by atoms with Crippen LogP contribution in [0.3, 0.4) is 0 Å². The average molecular weight is 318 g/mol. The van der Waals surface area contributed by atoms with Gasteiger partial charge in [-0.25, -0.2) is 12.8 Å². The molecule has 0 aliphatic heterocycles. The van der Waals surface area contributed by atoms with E-state index in [0.717, 1.165) is 6.07 Å². The first-order valence-electron chi connectivity index (χ1n) is 5.39. The van der Waals surface area contributed by atoms with Gasteiger partial charge in [-0.05, 0) is 19.1 Å². The number of methoxy groups -OCH3 is 1. The molecule has 0 amide bonds. The molecule has 0 atom stereocenters. The zero-order valence-corrected chi connectivity index (χ0v) is 12.2. The normalized spacial score (nSPS) is 11.3. The van der Waals surface area contributed by atoms with Crippen LogP contribution in [0.25, 0.3) is 0 Å². The zero-order valence-electron chi connectivity index (χ0n) is 10.6. The van der Waals surface area contributed by atoms with Crippen LogP contribution in [-0.4, -0.2) is 20.5 Å². The third kappa shape index (κ3) is 2.83. The van der Waals surface area contributed by atoms with E-state index in [4.69, 9.17) is 4.74 Å². The predicted octanol–water partition coefficient (Wildman–Crippen LogP) is 1.69. The highest BCUT2D eigenvalue weighted by Crippen LogP contribution is 2.24. The molecule has 1 aromatic carbocycles. The Morgan fingerprint density at radius 2 is 2.10 bits per heavy atom. The lowest BCUT2D eigenvalue weighted by molar-refractivity contribution is 0.386. The molecular formula is C11H11FN2O4S2. The maximum absolute atomic E-state index is 13.5. The molecule has 2 rings (SSSR count). The van der Waals surface area contributed by atoms with E-state index in [1.165, 1.54) is 26.2 Å². The zero-order chi connectivity index (χ0) is 14.9. The second-order valence-corrected chi connectivity index (χ2v) is 6.74. The summed E-state index contributed by atoms with van der Waals surface area (Å²) < 4.78 is 44.5. The molecule has 2 aromatic rings. The lowest BCUT2D eigenvalue weighted by atomic mass is 10.3. The molecule has 1 aromatic heterocycles. The van der Waals surface area contributed by atoms with Gasteiger partial charge in [-0.3, -0.25) is 9.52 Å². The van der Waals surface area contributed by atoms with Crippen LogP contribution < -0.4 is 14.3 Å². The number of benzene rings is 1. The molecule has 0 saturated carbocycles. The number of aromatic amines is 1. The number of sulfonamides is 1. The van der Waals surface area contributed by atoms with Crippen molar-refractivity contribution in [2.24, 2.45) is 0 Å². The largest absolute Gasteiger partial charge is 0.494 e. The number of aromatic nitrogens is 1. The summed E-state index contributed by atoms with van der Waals surface area (Å²) in [6.45, 7) is 1.47. The van der Waals surface area contributed by atoms with E-state index >= 15 is 0 Å². The molecule has 0 aliphatic rings. The second-order valence-electron chi connectivity index (χ2n) is 3.88.